The minimum Gasteiger partial charge on any atom is -0.493 e. The fourth-order valence-corrected chi connectivity index (χ4v) is 3.64. The van der Waals surface area contributed by atoms with E-state index in [-0.39, 0.29) is 31.4 Å². The highest BCUT2D eigenvalue weighted by Crippen LogP contribution is 2.28. The van der Waals surface area contributed by atoms with E-state index in [1.807, 2.05) is 41.3 Å². The van der Waals surface area contributed by atoms with E-state index in [1.54, 1.807) is 13.2 Å². The van der Waals surface area contributed by atoms with Gasteiger partial charge in [0.2, 0.25) is 5.91 Å². The number of hydrogen-bond donors (Lipinski definition) is 1. The molecule has 7 nitrogen and oxygen atoms in total. The Morgan fingerprint density at radius 1 is 1.06 bits per heavy atom. The molecule has 0 aromatic heterocycles. The third-order valence-corrected chi connectivity index (χ3v) is 5.38. The second-order valence-electron chi connectivity index (χ2n) is 7.57. The largest absolute Gasteiger partial charge is 0.493 e. The summed E-state index contributed by atoms with van der Waals surface area (Å²) in [5.74, 6) is 0.854. The molecule has 1 aliphatic rings. The first-order chi connectivity index (χ1) is 15.6. The van der Waals surface area contributed by atoms with Crippen LogP contribution in [0.4, 0.5) is 5.69 Å². The number of methoxy groups -OCH3 is 1. The van der Waals surface area contributed by atoms with Crippen molar-refractivity contribution in [2.24, 2.45) is 0 Å². The molecule has 1 fully saturated rings. The molecule has 3 rings (SSSR count). The number of nitrogens with zero attached hydrogens (tertiary/aromatic N) is 2. The molecule has 0 unspecified atom stereocenters. The Balaban J connectivity index is 1.36. The topological polar surface area (TPSA) is 71.1 Å². The molecule has 1 heterocycles. The fraction of sp³-hybridized carbons (Fsp3) is 0.360. The van der Waals surface area contributed by atoms with Gasteiger partial charge >= 0.3 is 0 Å². The summed E-state index contributed by atoms with van der Waals surface area (Å²) in [6.07, 6.45) is 2.82. The van der Waals surface area contributed by atoms with Crippen LogP contribution in [0.25, 0.3) is 0 Å². The Hall–Kier alpha value is -3.48. The standard InChI is InChI=1S/C25H31N3O4/c1-3-7-20-10-11-22(23(18-20)31-2)32-19-24(29)26-13-12-25(30)28-16-14-27(15-17-28)21-8-5-4-6-9-21/h3-6,8-11,18H,1,7,12-17,19H2,2H3,(H,26,29). The zero-order valence-electron chi connectivity index (χ0n) is 18.6. The summed E-state index contributed by atoms with van der Waals surface area (Å²) >= 11 is 0. The molecule has 0 aliphatic carbocycles. The molecular weight excluding hydrogens is 406 g/mol. The van der Waals surface area contributed by atoms with Crippen molar-refractivity contribution in [2.45, 2.75) is 12.8 Å². The number of para-hydroxylation sites is 1. The van der Waals surface area contributed by atoms with Gasteiger partial charge in [-0.05, 0) is 36.2 Å². The minimum absolute atomic E-state index is 0.0541. The van der Waals surface area contributed by atoms with Crippen LogP contribution in [0.3, 0.4) is 0 Å². The molecule has 32 heavy (non-hydrogen) atoms. The van der Waals surface area contributed by atoms with Gasteiger partial charge in [0.05, 0.1) is 7.11 Å². The Bertz CT molecular complexity index is 909. The van der Waals surface area contributed by atoms with Crippen molar-refractivity contribution in [3.63, 3.8) is 0 Å². The predicted octanol–water partition coefficient (Wildman–Crippen LogP) is 2.66. The molecule has 1 N–H and O–H groups in total. The molecule has 170 valence electrons. The molecule has 0 saturated carbocycles. The zero-order chi connectivity index (χ0) is 22.8. The van der Waals surface area contributed by atoms with Gasteiger partial charge in [-0.2, -0.15) is 0 Å². The molecule has 2 aromatic carbocycles. The molecular formula is C25H31N3O4. The fourth-order valence-electron chi connectivity index (χ4n) is 3.64. The van der Waals surface area contributed by atoms with Crippen molar-refractivity contribution in [1.82, 2.24) is 10.2 Å². The number of ether oxygens (including phenoxy) is 2. The van der Waals surface area contributed by atoms with Crippen molar-refractivity contribution >= 4 is 17.5 Å². The van der Waals surface area contributed by atoms with Gasteiger partial charge in [-0.3, -0.25) is 9.59 Å². The van der Waals surface area contributed by atoms with E-state index in [4.69, 9.17) is 9.47 Å². The summed E-state index contributed by atoms with van der Waals surface area (Å²) < 4.78 is 10.9. The summed E-state index contributed by atoms with van der Waals surface area (Å²) in [5.41, 5.74) is 2.23. The Kier molecular flexibility index (Phi) is 8.54. The number of carbonyl (C=O) groups excluding carboxylic acids is 2. The first-order valence-electron chi connectivity index (χ1n) is 10.9. The number of benzene rings is 2. The van der Waals surface area contributed by atoms with Crippen LogP contribution < -0.4 is 19.7 Å². The van der Waals surface area contributed by atoms with Crippen LogP contribution in [0.1, 0.15) is 12.0 Å². The van der Waals surface area contributed by atoms with E-state index < -0.39 is 0 Å². The second-order valence-corrected chi connectivity index (χ2v) is 7.57. The average Bonchev–Trinajstić information content (AvgIpc) is 2.84. The monoisotopic (exact) mass is 437 g/mol. The van der Waals surface area contributed by atoms with Crippen LogP contribution in [0.5, 0.6) is 11.5 Å². The smallest absolute Gasteiger partial charge is 0.257 e. The number of allylic oxidation sites excluding steroid dienone is 1. The molecule has 0 bridgehead atoms. The number of amides is 2. The van der Waals surface area contributed by atoms with Crippen LogP contribution in [-0.4, -0.2) is 63.2 Å². The van der Waals surface area contributed by atoms with Crippen molar-refractivity contribution in [3.8, 4) is 11.5 Å². The van der Waals surface area contributed by atoms with E-state index in [0.717, 1.165) is 25.1 Å². The maximum atomic E-state index is 12.5. The van der Waals surface area contributed by atoms with E-state index in [2.05, 4.69) is 28.9 Å². The van der Waals surface area contributed by atoms with Crippen molar-refractivity contribution in [1.29, 1.82) is 0 Å². The van der Waals surface area contributed by atoms with Gasteiger partial charge < -0.3 is 24.6 Å². The van der Waals surface area contributed by atoms with E-state index in [0.29, 0.717) is 24.6 Å². The highest BCUT2D eigenvalue weighted by molar-refractivity contribution is 5.80. The minimum atomic E-state index is -0.274. The van der Waals surface area contributed by atoms with E-state index in [9.17, 15) is 9.59 Å². The number of piperazine rings is 1. The maximum Gasteiger partial charge on any atom is 0.257 e. The lowest BCUT2D eigenvalue weighted by molar-refractivity contribution is -0.131. The van der Waals surface area contributed by atoms with Crippen LogP contribution >= 0.6 is 0 Å². The predicted molar refractivity (Wildman–Crippen MR) is 125 cm³/mol. The molecule has 0 atom stereocenters. The highest BCUT2D eigenvalue weighted by Gasteiger charge is 2.21. The van der Waals surface area contributed by atoms with Crippen LogP contribution in [0, 0.1) is 0 Å². The molecule has 7 heteroatoms. The van der Waals surface area contributed by atoms with Crippen molar-refractivity contribution in [2.75, 3.05) is 51.3 Å². The Morgan fingerprint density at radius 2 is 1.81 bits per heavy atom. The summed E-state index contributed by atoms with van der Waals surface area (Å²) in [5, 5.41) is 2.75. The van der Waals surface area contributed by atoms with Crippen LogP contribution in [-0.2, 0) is 16.0 Å². The first kappa shape index (κ1) is 23.2. The molecule has 1 aliphatic heterocycles. The van der Waals surface area contributed by atoms with Gasteiger partial charge in [0.25, 0.3) is 5.91 Å². The molecule has 0 spiro atoms. The van der Waals surface area contributed by atoms with Gasteiger partial charge in [-0.1, -0.05) is 30.3 Å². The summed E-state index contributed by atoms with van der Waals surface area (Å²) in [7, 11) is 1.56. The molecule has 2 aromatic rings. The lowest BCUT2D eigenvalue weighted by atomic mass is 10.1. The van der Waals surface area contributed by atoms with Gasteiger partial charge in [-0.15, -0.1) is 6.58 Å². The van der Waals surface area contributed by atoms with Crippen molar-refractivity contribution < 1.29 is 19.1 Å². The molecule has 0 radical (unpaired) electrons. The second kappa shape index (κ2) is 11.8. The molecule has 2 amide bonds. The van der Waals surface area contributed by atoms with Crippen LogP contribution in [0.2, 0.25) is 0 Å². The number of nitrogens with one attached hydrogen (secondary N) is 1. The van der Waals surface area contributed by atoms with Gasteiger partial charge in [0.15, 0.2) is 18.1 Å². The number of hydrogen-bond acceptors (Lipinski definition) is 5. The third kappa shape index (κ3) is 6.51. The summed E-state index contributed by atoms with van der Waals surface area (Å²) in [6.45, 7) is 6.87. The zero-order valence-corrected chi connectivity index (χ0v) is 18.6. The van der Waals surface area contributed by atoms with Gasteiger partial charge in [0.1, 0.15) is 0 Å². The lowest BCUT2D eigenvalue weighted by Crippen LogP contribution is -2.49. The highest BCUT2D eigenvalue weighted by atomic mass is 16.5. The van der Waals surface area contributed by atoms with E-state index >= 15 is 0 Å². The first-order valence-corrected chi connectivity index (χ1v) is 10.9. The molecule has 1 saturated heterocycles. The SMILES string of the molecule is C=CCc1ccc(OCC(=O)NCCC(=O)N2CCN(c3ccccc3)CC2)c(OC)c1. The number of carbonyl (C=O) groups is 2. The Labute approximate surface area is 189 Å². The Morgan fingerprint density at radius 3 is 2.50 bits per heavy atom. The number of anilines is 1. The quantitative estimate of drug-likeness (QED) is 0.579. The van der Waals surface area contributed by atoms with Crippen LogP contribution in [0.15, 0.2) is 61.2 Å². The van der Waals surface area contributed by atoms with E-state index in [1.165, 1.54) is 5.69 Å². The van der Waals surface area contributed by atoms with Gasteiger partial charge in [0, 0.05) is 44.8 Å². The lowest BCUT2D eigenvalue weighted by Gasteiger charge is -2.36. The summed E-state index contributed by atoms with van der Waals surface area (Å²) in [6, 6.07) is 15.8. The average molecular weight is 438 g/mol. The van der Waals surface area contributed by atoms with Gasteiger partial charge in [-0.25, -0.2) is 0 Å². The summed E-state index contributed by atoms with van der Waals surface area (Å²) in [4.78, 5) is 28.7. The third-order valence-electron chi connectivity index (χ3n) is 5.38. The maximum absolute atomic E-state index is 12.5. The number of rotatable bonds is 10. The van der Waals surface area contributed by atoms with Crippen molar-refractivity contribution in [3.05, 3.63) is 66.7 Å². The normalized spacial score (nSPS) is 13.4.